The number of hydrogen-bond acceptors (Lipinski definition) is 4. The van der Waals surface area contributed by atoms with Crippen LogP contribution in [0.1, 0.15) is 0 Å². The average Bonchev–Trinajstić information content (AvgIpc) is 2.13. The van der Waals surface area contributed by atoms with Gasteiger partial charge >= 0.3 is 6.01 Å². The Morgan fingerprint density at radius 3 is 2.56 bits per heavy atom. The molecule has 5 nitrogen and oxygen atoms in total. The third-order valence-corrected chi connectivity index (χ3v) is 0.960. The minimum absolute atomic E-state index is 0.301. The lowest BCUT2D eigenvalue weighted by molar-refractivity contribution is 0.378. The summed E-state index contributed by atoms with van der Waals surface area (Å²) in [6, 6.07) is 0.301. The summed E-state index contributed by atoms with van der Waals surface area (Å²) in [5.74, 6) is 0.354. The quantitative estimate of drug-likeness (QED) is 0.548. The lowest BCUT2D eigenvalue weighted by Crippen LogP contribution is -1.97. The van der Waals surface area contributed by atoms with Crippen LogP contribution in [0, 0.1) is 0 Å². The molecule has 0 aromatic carbocycles. The smallest absolute Gasteiger partial charge is 0.337 e. The molecule has 0 unspecified atom stereocenters. The summed E-state index contributed by atoms with van der Waals surface area (Å²) < 4.78 is 6.14. The van der Waals surface area contributed by atoms with Crippen LogP contribution in [0.4, 0.5) is 5.95 Å². The zero-order valence-electron chi connectivity index (χ0n) is 5.33. The second-order valence-corrected chi connectivity index (χ2v) is 1.58. The standard InChI is InChI=1S/C4H8N4O/c1-8-3(5)6-4(7-8)9-2/h1-2H3,(H2,5,6,7). The molecule has 0 aliphatic rings. The Morgan fingerprint density at radius 2 is 2.33 bits per heavy atom. The van der Waals surface area contributed by atoms with Crippen LogP contribution in [0.2, 0.25) is 0 Å². The molecule has 0 atom stereocenters. The van der Waals surface area contributed by atoms with Gasteiger partial charge in [-0.1, -0.05) is 0 Å². The fourth-order valence-corrected chi connectivity index (χ4v) is 0.459. The first-order valence-electron chi connectivity index (χ1n) is 2.44. The van der Waals surface area contributed by atoms with Gasteiger partial charge in [-0.05, 0) is 0 Å². The van der Waals surface area contributed by atoms with Crippen molar-refractivity contribution in [3.63, 3.8) is 0 Å². The minimum atomic E-state index is 0.301. The van der Waals surface area contributed by atoms with E-state index >= 15 is 0 Å². The average molecular weight is 128 g/mol. The Kier molecular flexibility index (Phi) is 1.26. The van der Waals surface area contributed by atoms with Gasteiger partial charge < -0.3 is 10.5 Å². The van der Waals surface area contributed by atoms with E-state index in [4.69, 9.17) is 10.5 Å². The highest BCUT2D eigenvalue weighted by molar-refractivity contribution is 5.17. The number of aromatic nitrogens is 3. The van der Waals surface area contributed by atoms with Crippen molar-refractivity contribution < 1.29 is 4.74 Å². The highest BCUT2D eigenvalue weighted by Crippen LogP contribution is 2.02. The van der Waals surface area contributed by atoms with Crippen molar-refractivity contribution in [1.82, 2.24) is 14.8 Å². The van der Waals surface area contributed by atoms with Crippen molar-refractivity contribution in [1.29, 1.82) is 0 Å². The third-order valence-electron chi connectivity index (χ3n) is 0.960. The summed E-state index contributed by atoms with van der Waals surface area (Å²) in [6.45, 7) is 0. The van der Waals surface area contributed by atoms with Gasteiger partial charge in [0.2, 0.25) is 5.95 Å². The highest BCUT2D eigenvalue weighted by atomic mass is 16.5. The van der Waals surface area contributed by atoms with Crippen molar-refractivity contribution in [3.05, 3.63) is 0 Å². The second-order valence-electron chi connectivity index (χ2n) is 1.58. The van der Waals surface area contributed by atoms with E-state index in [1.165, 1.54) is 11.8 Å². The Labute approximate surface area is 52.4 Å². The molecule has 1 rings (SSSR count). The maximum atomic E-state index is 5.33. The van der Waals surface area contributed by atoms with E-state index in [-0.39, 0.29) is 0 Å². The van der Waals surface area contributed by atoms with Gasteiger partial charge in [-0.25, -0.2) is 4.68 Å². The van der Waals surface area contributed by atoms with Crippen LogP contribution >= 0.6 is 0 Å². The van der Waals surface area contributed by atoms with E-state index in [0.29, 0.717) is 12.0 Å². The molecule has 0 fully saturated rings. The van der Waals surface area contributed by atoms with Crippen LogP contribution in [0.25, 0.3) is 0 Å². The molecule has 0 radical (unpaired) electrons. The molecule has 9 heavy (non-hydrogen) atoms. The first kappa shape index (κ1) is 5.87. The second kappa shape index (κ2) is 1.93. The molecule has 0 amide bonds. The van der Waals surface area contributed by atoms with Gasteiger partial charge in [0.15, 0.2) is 0 Å². The van der Waals surface area contributed by atoms with Crippen LogP contribution in [-0.4, -0.2) is 21.9 Å². The van der Waals surface area contributed by atoms with Crippen molar-refractivity contribution in [2.45, 2.75) is 0 Å². The van der Waals surface area contributed by atoms with Gasteiger partial charge in [0, 0.05) is 7.05 Å². The molecule has 0 aliphatic heterocycles. The molecule has 1 heterocycles. The number of nitrogen functional groups attached to an aromatic ring is 1. The molecule has 1 aromatic heterocycles. The maximum absolute atomic E-state index is 5.33. The van der Waals surface area contributed by atoms with Crippen LogP contribution in [0.3, 0.4) is 0 Å². The highest BCUT2D eigenvalue weighted by Gasteiger charge is 2.00. The van der Waals surface area contributed by atoms with E-state index in [2.05, 4.69) is 10.1 Å². The lowest BCUT2D eigenvalue weighted by Gasteiger charge is -1.85. The number of rotatable bonds is 1. The maximum Gasteiger partial charge on any atom is 0.337 e. The van der Waals surface area contributed by atoms with E-state index in [1.54, 1.807) is 7.05 Å². The monoisotopic (exact) mass is 128 g/mol. The number of methoxy groups -OCH3 is 1. The largest absolute Gasteiger partial charge is 0.466 e. The number of ether oxygens (including phenoxy) is 1. The summed E-state index contributed by atoms with van der Waals surface area (Å²) in [4.78, 5) is 3.74. The summed E-state index contributed by atoms with van der Waals surface area (Å²) in [5.41, 5.74) is 5.33. The molecular formula is C4H8N4O. The number of nitrogens with two attached hydrogens (primary N) is 1. The lowest BCUT2D eigenvalue weighted by atomic mass is 11.0. The van der Waals surface area contributed by atoms with Crippen LogP contribution in [0.15, 0.2) is 0 Å². The Hall–Kier alpha value is -1.26. The van der Waals surface area contributed by atoms with Crippen LogP contribution in [0.5, 0.6) is 6.01 Å². The molecular weight excluding hydrogens is 120 g/mol. The summed E-state index contributed by atoms with van der Waals surface area (Å²) in [5, 5.41) is 3.79. The summed E-state index contributed by atoms with van der Waals surface area (Å²) in [6.07, 6.45) is 0. The Bertz CT molecular complexity index is 187. The molecule has 5 heteroatoms. The van der Waals surface area contributed by atoms with Crippen LogP contribution in [-0.2, 0) is 7.05 Å². The molecule has 0 bridgehead atoms. The number of hydrogen-bond donors (Lipinski definition) is 1. The van der Waals surface area contributed by atoms with Gasteiger partial charge in [0.05, 0.1) is 7.11 Å². The van der Waals surface area contributed by atoms with Crippen molar-refractivity contribution in [2.24, 2.45) is 7.05 Å². The normalized spacial score (nSPS) is 9.56. The van der Waals surface area contributed by atoms with Gasteiger partial charge in [-0.2, -0.15) is 4.98 Å². The van der Waals surface area contributed by atoms with Gasteiger partial charge in [0.1, 0.15) is 0 Å². The van der Waals surface area contributed by atoms with Gasteiger partial charge in [-0.15, -0.1) is 5.10 Å². The first-order valence-corrected chi connectivity index (χ1v) is 2.44. The predicted molar refractivity (Wildman–Crippen MR) is 32.0 cm³/mol. The molecule has 2 N–H and O–H groups in total. The topological polar surface area (TPSA) is 66.0 Å². The molecule has 50 valence electrons. The first-order chi connectivity index (χ1) is 4.24. The van der Waals surface area contributed by atoms with Crippen molar-refractivity contribution in [2.75, 3.05) is 12.8 Å². The van der Waals surface area contributed by atoms with Crippen molar-refractivity contribution >= 4 is 5.95 Å². The third kappa shape index (κ3) is 0.933. The van der Waals surface area contributed by atoms with Gasteiger partial charge in [-0.3, -0.25) is 0 Å². The molecule has 1 aromatic rings. The SMILES string of the molecule is COc1nc(N)n(C)n1. The van der Waals surface area contributed by atoms with E-state index in [9.17, 15) is 0 Å². The number of aryl methyl sites for hydroxylation is 1. The zero-order chi connectivity index (χ0) is 6.85. The molecule has 0 saturated carbocycles. The fraction of sp³-hybridized carbons (Fsp3) is 0.500. The van der Waals surface area contributed by atoms with Crippen molar-refractivity contribution in [3.8, 4) is 6.01 Å². The Morgan fingerprint density at radius 1 is 1.67 bits per heavy atom. The molecule has 0 saturated heterocycles. The van der Waals surface area contributed by atoms with E-state index in [1.807, 2.05) is 0 Å². The minimum Gasteiger partial charge on any atom is -0.466 e. The predicted octanol–water partition coefficient (Wildman–Crippen LogP) is -0.594. The Balaban J connectivity index is 2.98. The number of anilines is 1. The fourth-order valence-electron chi connectivity index (χ4n) is 0.459. The zero-order valence-corrected chi connectivity index (χ0v) is 5.33. The van der Waals surface area contributed by atoms with E-state index in [0.717, 1.165) is 0 Å². The van der Waals surface area contributed by atoms with E-state index < -0.39 is 0 Å². The summed E-state index contributed by atoms with van der Waals surface area (Å²) >= 11 is 0. The molecule has 0 spiro atoms. The van der Waals surface area contributed by atoms with Gasteiger partial charge in [0.25, 0.3) is 0 Å². The molecule has 0 aliphatic carbocycles. The number of nitrogens with zero attached hydrogens (tertiary/aromatic N) is 3. The van der Waals surface area contributed by atoms with Crippen LogP contribution < -0.4 is 10.5 Å². The summed E-state index contributed by atoms with van der Waals surface area (Å²) in [7, 11) is 3.19.